The Kier molecular flexibility index (Phi) is 4.27. The van der Waals surface area contributed by atoms with Gasteiger partial charge in [-0.25, -0.2) is 4.39 Å². The van der Waals surface area contributed by atoms with Crippen molar-refractivity contribution in [3.05, 3.63) is 76.3 Å². The van der Waals surface area contributed by atoms with Gasteiger partial charge in [0.05, 0.1) is 0 Å². The molecule has 0 saturated carbocycles. The van der Waals surface area contributed by atoms with E-state index in [1.807, 2.05) is 24.4 Å². The summed E-state index contributed by atoms with van der Waals surface area (Å²) in [6, 6.07) is 13.1. The van der Waals surface area contributed by atoms with E-state index >= 15 is 0 Å². The summed E-state index contributed by atoms with van der Waals surface area (Å²) in [5.74, 6) is -0.187. The zero-order valence-electron chi connectivity index (χ0n) is 11.3. The summed E-state index contributed by atoms with van der Waals surface area (Å²) in [6.45, 7) is 1.18. The lowest BCUT2D eigenvalue weighted by atomic mass is 10.1. The van der Waals surface area contributed by atoms with Crippen LogP contribution < -0.4 is 5.32 Å². The molecule has 106 valence electrons. The Hall–Kier alpha value is -1.78. The first kappa shape index (κ1) is 14.2. The van der Waals surface area contributed by atoms with Gasteiger partial charge >= 0.3 is 0 Å². The zero-order valence-corrected chi connectivity index (χ0v) is 12.9. The van der Waals surface area contributed by atoms with Crippen LogP contribution >= 0.6 is 15.9 Å². The number of benzene rings is 2. The van der Waals surface area contributed by atoms with Crippen molar-refractivity contribution in [3.63, 3.8) is 0 Å². The zero-order chi connectivity index (χ0) is 14.7. The van der Waals surface area contributed by atoms with Crippen molar-refractivity contribution in [2.75, 3.05) is 0 Å². The van der Waals surface area contributed by atoms with Gasteiger partial charge in [0.2, 0.25) is 0 Å². The molecular formula is C17H14BrFN2. The highest BCUT2D eigenvalue weighted by Gasteiger charge is 2.04. The maximum Gasteiger partial charge on any atom is 0.127 e. The van der Waals surface area contributed by atoms with Gasteiger partial charge in [-0.05, 0) is 35.2 Å². The first-order chi connectivity index (χ1) is 10.2. The summed E-state index contributed by atoms with van der Waals surface area (Å²) < 4.78 is 14.6. The molecule has 0 radical (unpaired) electrons. The quantitative estimate of drug-likeness (QED) is 0.757. The lowest BCUT2D eigenvalue weighted by Crippen LogP contribution is -2.14. The molecule has 1 N–H and O–H groups in total. The summed E-state index contributed by atoms with van der Waals surface area (Å²) in [6.07, 6.45) is 3.65. The molecular weight excluding hydrogens is 331 g/mol. The van der Waals surface area contributed by atoms with E-state index in [0.717, 1.165) is 9.86 Å². The average molecular weight is 345 g/mol. The summed E-state index contributed by atoms with van der Waals surface area (Å²) in [4.78, 5) is 4.13. The molecule has 0 aliphatic rings. The van der Waals surface area contributed by atoms with Gasteiger partial charge in [-0.15, -0.1) is 0 Å². The predicted molar refractivity (Wildman–Crippen MR) is 86.4 cm³/mol. The van der Waals surface area contributed by atoms with Gasteiger partial charge in [-0.3, -0.25) is 4.98 Å². The van der Waals surface area contributed by atoms with E-state index < -0.39 is 0 Å². The SMILES string of the molecule is Fc1ccc(Br)cc1CNCc1cccc2cnccc12. The average Bonchev–Trinajstić information content (AvgIpc) is 2.51. The minimum Gasteiger partial charge on any atom is -0.308 e. The second kappa shape index (κ2) is 6.33. The second-order valence-corrected chi connectivity index (χ2v) is 5.77. The molecule has 4 heteroatoms. The summed E-state index contributed by atoms with van der Waals surface area (Å²) in [5.41, 5.74) is 1.84. The molecule has 0 atom stereocenters. The van der Waals surface area contributed by atoms with Gasteiger partial charge in [0.25, 0.3) is 0 Å². The Balaban J connectivity index is 1.74. The fourth-order valence-corrected chi connectivity index (χ4v) is 2.76. The highest BCUT2D eigenvalue weighted by molar-refractivity contribution is 9.10. The summed E-state index contributed by atoms with van der Waals surface area (Å²) in [7, 11) is 0. The van der Waals surface area contributed by atoms with Crippen LogP contribution in [0.2, 0.25) is 0 Å². The number of halogens is 2. The van der Waals surface area contributed by atoms with Crippen LogP contribution in [0.15, 0.2) is 59.3 Å². The van der Waals surface area contributed by atoms with Crippen LogP contribution in [0.4, 0.5) is 4.39 Å². The van der Waals surface area contributed by atoms with E-state index in [1.54, 1.807) is 18.3 Å². The second-order valence-electron chi connectivity index (χ2n) is 4.85. The molecule has 0 aliphatic heterocycles. The molecule has 0 saturated heterocycles. The number of nitrogens with one attached hydrogen (secondary N) is 1. The lowest BCUT2D eigenvalue weighted by Gasteiger charge is -2.09. The van der Waals surface area contributed by atoms with Crippen molar-refractivity contribution >= 4 is 26.7 Å². The monoisotopic (exact) mass is 344 g/mol. The lowest BCUT2D eigenvalue weighted by molar-refractivity contribution is 0.588. The molecule has 0 unspecified atom stereocenters. The van der Waals surface area contributed by atoms with E-state index in [1.165, 1.54) is 17.0 Å². The van der Waals surface area contributed by atoms with Crippen molar-refractivity contribution in [3.8, 4) is 0 Å². The van der Waals surface area contributed by atoms with E-state index in [4.69, 9.17) is 0 Å². The molecule has 0 fully saturated rings. The van der Waals surface area contributed by atoms with Crippen LogP contribution in [0.25, 0.3) is 10.8 Å². The number of hydrogen-bond donors (Lipinski definition) is 1. The summed E-state index contributed by atoms with van der Waals surface area (Å²) >= 11 is 3.36. The van der Waals surface area contributed by atoms with E-state index in [2.05, 4.69) is 32.3 Å². The molecule has 3 aromatic rings. The van der Waals surface area contributed by atoms with Crippen LogP contribution in [0.3, 0.4) is 0 Å². The number of aromatic nitrogens is 1. The van der Waals surface area contributed by atoms with Crippen LogP contribution in [-0.4, -0.2) is 4.98 Å². The Morgan fingerprint density at radius 2 is 1.90 bits per heavy atom. The van der Waals surface area contributed by atoms with Gasteiger partial charge in [0, 0.05) is 40.9 Å². The third-order valence-corrected chi connectivity index (χ3v) is 3.90. The molecule has 2 aromatic carbocycles. The van der Waals surface area contributed by atoms with Gasteiger partial charge in [0.1, 0.15) is 5.82 Å². The van der Waals surface area contributed by atoms with E-state index in [0.29, 0.717) is 18.7 Å². The highest BCUT2D eigenvalue weighted by atomic mass is 79.9. The van der Waals surface area contributed by atoms with Gasteiger partial charge < -0.3 is 5.32 Å². The van der Waals surface area contributed by atoms with Crippen molar-refractivity contribution in [2.45, 2.75) is 13.1 Å². The van der Waals surface area contributed by atoms with Crippen molar-refractivity contribution in [1.29, 1.82) is 0 Å². The highest BCUT2D eigenvalue weighted by Crippen LogP contribution is 2.18. The number of rotatable bonds is 4. The fraction of sp³-hybridized carbons (Fsp3) is 0.118. The third-order valence-electron chi connectivity index (χ3n) is 3.41. The third kappa shape index (κ3) is 3.28. The maximum atomic E-state index is 13.7. The Morgan fingerprint density at radius 3 is 2.81 bits per heavy atom. The summed E-state index contributed by atoms with van der Waals surface area (Å²) in [5, 5.41) is 5.59. The number of hydrogen-bond acceptors (Lipinski definition) is 2. The van der Waals surface area contributed by atoms with Gasteiger partial charge in [-0.1, -0.05) is 34.1 Å². The Morgan fingerprint density at radius 1 is 1.05 bits per heavy atom. The molecule has 1 heterocycles. The minimum absolute atomic E-state index is 0.187. The molecule has 0 bridgehead atoms. The van der Waals surface area contributed by atoms with Crippen LogP contribution in [0.1, 0.15) is 11.1 Å². The first-order valence-corrected chi connectivity index (χ1v) is 7.49. The van der Waals surface area contributed by atoms with Crippen molar-refractivity contribution < 1.29 is 4.39 Å². The van der Waals surface area contributed by atoms with Gasteiger partial charge in [-0.2, -0.15) is 0 Å². The molecule has 3 rings (SSSR count). The van der Waals surface area contributed by atoms with Crippen molar-refractivity contribution in [2.24, 2.45) is 0 Å². The molecule has 0 spiro atoms. The Labute approximate surface area is 131 Å². The minimum atomic E-state index is -0.187. The standard InChI is InChI=1S/C17H14BrFN2/c18-15-4-5-17(19)14(8-15)11-21-10-13-3-1-2-12-9-20-7-6-16(12)13/h1-9,21H,10-11H2. The molecule has 21 heavy (non-hydrogen) atoms. The Bertz CT molecular complexity index is 768. The normalized spacial score (nSPS) is 11.0. The van der Waals surface area contributed by atoms with Crippen LogP contribution in [-0.2, 0) is 13.1 Å². The topological polar surface area (TPSA) is 24.9 Å². The van der Waals surface area contributed by atoms with Gasteiger partial charge in [0.15, 0.2) is 0 Å². The molecule has 2 nitrogen and oxygen atoms in total. The van der Waals surface area contributed by atoms with E-state index in [-0.39, 0.29) is 5.82 Å². The molecule has 0 aliphatic carbocycles. The first-order valence-electron chi connectivity index (χ1n) is 6.70. The van der Waals surface area contributed by atoms with E-state index in [9.17, 15) is 4.39 Å². The van der Waals surface area contributed by atoms with Crippen LogP contribution in [0.5, 0.6) is 0 Å². The maximum absolute atomic E-state index is 13.7. The molecule has 0 amide bonds. The number of fused-ring (bicyclic) bond motifs is 1. The van der Waals surface area contributed by atoms with Crippen molar-refractivity contribution in [1.82, 2.24) is 10.3 Å². The smallest absolute Gasteiger partial charge is 0.127 e. The predicted octanol–water partition coefficient (Wildman–Crippen LogP) is 4.43. The largest absolute Gasteiger partial charge is 0.308 e. The number of nitrogens with zero attached hydrogens (tertiary/aromatic N) is 1. The fourth-order valence-electron chi connectivity index (χ4n) is 2.35. The number of pyridine rings is 1. The molecule has 1 aromatic heterocycles. The van der Waals surface area contributed by atoms with Crippen LogP contribution in [0, 0.1) is 5.82 Å².